The average molecular weight is 293 g/mol. The SMILES string of the molecule is CCCOc1cc(F)ccc1C=NNc1nc(C)cs1. The van der Waals surface area contributed by atoms with E-state index >= 15 is 0 Å². The van der Waals surface area contributed by atoms with Crippen molar-refractivity contribution in [2.24, 2.45) is 5.10 Å². The van der Waals surface area contributed by atoms with Crippen LogP contribution in [0.1, 0.15) is 24.6 Å². The highest BCUT2D eigenvalue weighted by Crippen LogP contribution is 2.19. The van der Waals surface area contributed by atoms with Crippen LogP contribution in [0.25, 0.3) is 0 Å². The molecule has 1 N–H and O–H groups in total. The van der Waals surface area contributed by atoms with Crippen LogP contribution in [0.5, 0.6) is 5.75 Å². The molecule has 0 bridgehead atoms. The highest BCUT2D eigenvalue weighted by atomic mass is 32.1. The molecule has 0 aliphatic rings. The van der Waals surface area contributed by atoms with Crippen LogP contribution in [0.3, 0.4) is 0 Å². The van der Waals surface area contributed by atoms with E-state index in [0.717, 1.165) is 22.8 Å². The molecule has 1 heterocycles. The van der Waals surface area contributed by atoms with Gasteiger partial charge in [0.1, 0.15) is 11.6 Å². The quantitative estimate of drug-likeness (QED) is 0.650. The molecule has 1 aromatic carbocycles. The second-order valence-electron chi connectivity index (χ2n) is 4.19. The summed E-state index contributed by atoms with van der Waals surface area (Å²) in [7, 11) is 0. The maximum Gasteiger partial charge on any atom is 0.203 e. The van der Waals surface area contributed by atoms with Gasteiger partial charge in [0.15, 0.2) is 0 Å². The van der Waals surface area contributed by atoms with Gasteiger partial charge in [-0.3, -0.25) is 5.43 Å². The standard InChI is InChI=1S/C14H16FN3OS/c1-3-6-19-13-7-12(15)5-4-11(13)8-16-18-14-17-10(2)9-20-14/h4-5,7-9H,3,6H2,1-2H3,(H,17,18). The molecule has 0 unspecified atom stereocenters. The van der Waals surface area contributed by atoms with Crippen molar-refractivity contribution in [2.45, 2.75) is 20.3 Å². The normalized spacial score (nSPS) is 10.9. The van der Waals surface area contributed by atoms with Crippen LogP contribution in [-0.4, -0.2) is 17.8 Å². The number of hydrazone groups is 1. The van der Waals surface area contributed by atoms with E-state index in [1.807, 2.05) is 19.2 Å². The number of benzene rings is 1. The Morgan fingerprint density at radius 2 is 2.35 bits per heavy atom. The molecule has 0 atom stereocenters. The average Bonchev–Trinajstić information content (AvgIpc) is 2.84. The molecule has 0 fully saturated rings. The lowest BCUT2D eigenvalue weighted by Crippen LogP contribution is -2.00. The molecule has 1 aromatic heterocycles. The highest BCUT2D eigenvalue weighted by molar-refractivity contribution is 7.13. The Kier molecular flexibility index (Phi) is 5.06. The van der Waals surface area contributed by atoms with E-state index in [-0.39, 0.29) is 5.82 Å². The number of aryl methyl sites for hydroxylation is 1. The number of halogens is 1. The fraction of sp³-hybridized carbons (Fsp3) is 0.286. The number of nitrogens with zero attached hydrogens (tertiary/aromatic N) is 2. The Morgan fingerprint density at radius 3 is 3.05 bits per heavy atom. The molecule has 0 aliphatic carbocycles. The first-order valence-corrected chi connectivity index (χ1v) is 7.20. The first-order valence-electron chi connectivity index (χ1n) is 6.32. The number of thiazole rings is 1. The van der Waals surface area contributed by atoms with Gasteiger partial charge in [0.2, 0.25) is 5.13 Å². The van der Waals surface area contributed by atoms with Gasteiger partial charge in [-0.25, -0.2) is 9.37 Å². The summed E-state index contributed by atoms with van der Waals surface area (Å²) < 4.78 is 18.7. The van der Waals surface area contributed by atoms with Crippen molar-refractivity contribution in [3.8, 4) is 5.75 Å². The van der Waals surface area contributed by atoms with Gasteiger partial charge in [-0.15, -0.1) is 11.3 Å². The fourth-order valence-corrected chi connectivity index (χ4v) is 2.15. The number of hydrogen-bond donors (Lipinski definition) is 1. The monoisotopic (exact) mass is 293 g/mol. The van der Waals surface area contributed by atoms with Crippen LogP contribution in [-0.2, 0) is 0 Å². The number of nitrogens with one attached hydrogen (secondary N) is 1. The molecule has 0 radical (unpaired) electrons. The minimum absolute atomic E-state index is 0.322. The maximum atomic E-state index is 13.2. The largest absolute Gasteiger partial charge is 0.493 e. The predicted molar refractivity (Wildman–Crippen MR) is 80.3 cm³/mol. The lowest BCUT2D eigenvalue weighted by molar-refractivity contribution is 0.315. The summed E-state index contributed by atoms with van der Waals surface area (Å²) in [6.07, 6.45) is 2.46. The minimum atomic E-state index is -0.322. The van der Waals surface area contributed by atoms with E-state index in [0.29, 0.717) is 12.4 Å². The number of rotatable bonds is 6. The summed E-state index contributed by atoms with van der Waals surface area (Å²) in [5.74, 6) is 0.171. The van der Waals surface area contributed by atoms with Crippen molar-refractivity contribution < 1.29 is 9.13 Å². The first kappa shape index (κ1) is 14.5. The van der Waals surface area contributed by atoms with Crippen LogP contribution < -0.4 is 10.2 Å². The van der Waals surface area contributed by atoms with Gasteiger partial charge in [-0.1, -0.05) is 6.92 Å². The van der Waals surface area contributed by atoms with Crippen LogP contribution in [0.15, 0.2) is 28.7 Å². The number of aromatic nitrogens is 1. The summed E-state index contributed by atoms with van der Waals surface area (Å²) in [6, 6.07) is 4.39. The van der Waals surface area contributed by atoms with E-state index in [2.05, 4.69) is 15.5 Å². The molecule has 2 rings (SSSR count). The van der Waals surface area contributed by atoms with Crippen LogP contribution >= 0.6 is 11.3 Å². The van der Waals surface area contributed by atoms with E-state index in [9.17, 15) is 4.39 Å². The molecule has 0 saturated carbocycles. The summed E-state index contributed by atoms with van der Waals surface area (Å²) in [5.41, 5.74) is 4.51. The molecule has 4 nitrogen and oxygen atoms in total. The van der Waals surface area contributed by atoms with Gasteiger partial charge in [0.25, 0.3) is 0 Å². The molecule has 0 amide bonds. The van der Waals surface area contributed by atoms with Crippen molar-refractivity contribution in [3.63, 3.8) is 0 Å². The van der Waals surface area contributed by atoms with Crippen molar-refractivity contribution in [3.05, 3.63) is 40.7 Å². The van der Waals surface area contributed by atoms with Gasteiger partial charge >= 0.3 is 0 Å². The lowest BCUT2D eigenvalue weighted by atomic mass is 10.2. The molecule has 6 heteroatoms. The van der Waals surface area contributed by atoms with Gasteiger partial charge in [-0.05, 0) is 25.5 Å². The van der Waals surface area contributed by atoms with E-state index in [1.165, 1.54) is 23.5 Å². The third kappa shape index (κ3) is 4.03. The van der Waals surface area contributed by atoms with Crippen LogP contribution in [0.4, 0.5) is 9.52 Å². The van der Waals surface area contributed by atoms with Crippen molar-refractivity contribution in [2.75, 3.05) is 12.0 Å². The Morgan fingerprint density at radius 1 is 1.50 bits per heavy atom. The molecular formula is C14H16FN3OS. The third-order valence-electron chi connectivity index (χ3n) is 2.42. The number of ether oxygens (including phenoxy) is 1. The zero-order valence-electron chi connectivity index (χ0n) is 11.4. The highest BCUT2D eigenvalue weighted by Gasteiger charge is 2.03. The van der Waals surface area contributed by atoms with Gasteiger partial charge in [0.05, 0.1) is 18.5 Å². The minimum Gasteiger partial charge on any atom is -0.493 e. The van der Waals surface area contributed by atoms with Crippen molar-refractivity contribution >= 4 is 22.7 Å². The fourth-order valence-electron chi connectivity index (χ4n) is 1.51. The molecule has 20 heavy (non-hydrogen) atoms. The molecule has 0 aliphatic heterocycles. The zero-order chi connectivity index (χ0) is 14.4. The molecule has 0 spiro atoms. The smallest absolute Gasteiger partial charge is 0.203 e. The van der Waals surface area contributed by atoms with E-state index in [1.54, 1.807) is 12.3 Å². The lowest BCUT2D eigenvalue weighted by Gasteiger charge is -2.07. The van der Waals surface area contributed by atoms with Crippen molar-refractivity contribution in [1.82, 2.24) is 4.98 Å². The molecular weight excluding hydrogens is 277 g/mol. The zero-order valence-corrected chi connectivity index (χ0v) is 12.2. The number of hydrogen-bond acceptors (Lipinski definition) is 5. The topological polar surface area (TPSA) is 46.5 Å². The van der Waals surface area contributed by atoms with Crippen LogP contribution in [0, 0.1) is 12.7 Å². The Labute approximate surface area is 121 Å². The van der Waals surface area contributed by atoms with E-state index < -0.39 is 0 Å². The maximum absolute atomic E-state index is 13.2. The van der Waals surface area contributed by atoms with Gasteiger partial charge in [0, 0.05) is 17.0 Å². The second-order valence-corrected chi connectivity index (χ2v) is 5.05. The molecule has 2 aromatic rings. The Bertz CT molecular complexity index is 598. The third-order valence-corrected chi connectivity index (χ3v) is 3.28. The summed E-state index contributed by atoms with van der Waals surface area (Å²) in [4.78, 5) is 4.23. The first-order chi connectivity index (χ1) is 9.69. The second kappa shape index (κ2) is 7.00. The summed E-state index contributed by atoms with van der Waals surface area (Å²) in [5, 5.41) is 6.75. The van der Waals surface area contributed by atoms with Gasteiger partial charge < -0.3 is 4.74 Å². The molecule has 106 valence electrons. The number of anilines is 1. The Balaban J connectivity index is 2.07. The Hall–Kier alpha value is -1.95. The summed E-state index contributed by atoms with van der Waals surface area (Å²) >= 11 is 1.48. The summed E-state index contributed by atoms with van der Waals surface area (Å²) in [6.45, 7) is 4.46. The predicted octanol–water partition coefficient (Wildman–Crippen LogP) is 3.83. The molecule has 0 saturated heterocycles. The van der Waals surface area contributed by atoms with Gasteiger partial charge in [-0.2, -0.15) is 5.10 Å². The van der Waals surface area contributed by atoms with Crippen LogP contribution in [0.2, 0.25) is 0 Å². The van der Waals surface area contributed by atoms with E-state index in [4.69, 9.17) is 4.74 Å². The van der Waals surface area contributed by atoms with Crippen molar-refractivity contribution in [1.29, 1.82) is 0 Å².